The smallest absolute Gasteiger partial charge is 0.230 e. The third kappa shape index (κ3) is 6.73. The van der Waals surface area contributed by atoms with Gasteiger partial charge in [-0.3, -0.25) is 4.79 Å². The number of carbonyl (C=O) groups is 1. The maximum atomic E-state index is 12.8. The van der Waals surface area contributed by atoms with Gasteiger partial charge in [0, 0.05) is 27.8 Å². The third-order valence-electron chi connectivity index (χ3n) is 2.63. The van der Waals surface area contributed by atoms with Crippen LogP contribution in [0.3, 0.4) is 0 Å². The zero-order chi connectivity index (χ0) is 15.8. The Morgan fingerprint density at radius 2 is 2.00 bits per heavy atom. The highest BCUT2D eigenvalue weighted by Gasteiger charge is 2.03. The van der Waals surface area contributed by atoms with Crippen LogP contribution in [-0.2, 0) is 10.5 Å². The molecule has 2 aromatic rings. The second-order valence-electron chi connectivity index (χ2n) is 4.35. The summed E-state index contributed by atoms with van der Waals surface area (Å²) in [6.07, 6.45) is 0. The van der Waals surface area contributed by atoms with Crippen molar-refractivity contribution in [3.63, 3.8) is 0 Å². The van der Waals surface area contributed by atoms with Gasteiger partial charge >= 0.3 is 0 Å². The van der Waals surface area contributed by atoms with E-state index in [1.807, 2.05) is 0 Å². The van der Waals surface area contributed by atoms with Crippen molar-refractivity contribution in [1.82, 2.24) is 5.32 Å². The fourth-order valence-electron chi connectivity index (χ4n) is 1.60. The van der Waals surface area contributed by atoms with Crippen LogP contribution in [0.2, 0.25) is 0 Å². The number of benzene rings is 1. The van der Waals surface area contributed by atoms with Crippen LogP contribution < -0.4 is 5.32 Å². The van der Waals surface area contributed by atoms with E-state index in [1.165, 1.54) is 28.8 Å². The van der Waals surface area contributed by atoms with Crippen molar-refractivity contribution in [2.45, 2.75) is 10.6 Å². The van der Waals surface area contributed by atoms with Crippen molar-refractivity contribution in [2.75, 3.05) is 18.1 Å². The Morgan fingerprint density at radius 3 is 2.68 bits per heavy atom. The van der Waals surface area contributed by atoms with Crippen LogP contribution in [0.25, 0.3) is 0 Å². The highest BCUT2D eigenvalue weighted by Crippen LogP contribution is 2.25. The molecule has 0 aliphatic heterocycles. The summed E-state index contributed by atoms with van der Waals surface area (Å²) in [5.41, 5.74) is 0. The molecular weight excluding hydrogens is 405 g/mol. The maximum absolute atomic E-state index is 12.8. The molecule has 1 aromatic heterocycles. The summed E-state index contributed by atoms with van der Waals surface area (Å²) in [5, 5.41) is 2.90. The predicted octanol–water partition coefficient (Wildman–Crippen LogP) is 4.79. The van der Waals surface area contributed by atoms with Crippen molar-refractivity contribution >= 4 is 56.7 Å². The first kappa shape index (κ1) is 17.8. The summed E-state index contributed by atoms with van der Waals surface area (Å²) < 4.78 is 13.9. The SMILES string of the molecule is O=C(CSc1ccc(F)cc1)NCCSCc1ccc(Br)s1. The molecule has 0 saturated carbocycles. The number of halogens is 2. The molecule has 0 fully saturated rings. The van der Waals surface area contributed by atoms with Gasteiger partial charge in [0.25, 0.3) is 0 Å². The molecular formula is C15H15BrFNOS3. The summed E-state index contributed by atoms with van der Waals surface area (Å²) in [5.74, 6) is 1.96. The van der Waals surface area contributed by atoms with E-state index < -0.39 is 0 Å². The molecule has 0 atom stereocenters. The van der Waals surface area contributed by atoms with Gasteiger partial charge in [0.15, 0.2) is 0 Å². The van der Waals surface area contributed by atoms with E-state index in [-0.39, 0.29) is 11.7 Å². The molecule has 1 heterocycles. The fourth-order valence-corrected chi connectivity index (χ4v) is 4.78. The minimum Gasteiger partial charge on any atom is -0.355 e. The van der Waals surface area contributed by atoms with E-state index in [9.17, 15) is 9.18 Å². The van der Waals surface area contributed by atoms with Crippen LogP contribution in [0.15, 0.2) is 45.1 Å². The molecule has 0 spiro atoms. The number of thioether (sulfide) groups is 2. The number of thiophene rings is 1. The van der Waals surface area contributed by atoms with E-state index in [2.05, 4.69) is 33.4 Å². The van der Waals surface area contributed by atoms with Crippen LogP contribution in [0.4, 0.5) is 4.39 Å². The van der Waals surface area contributed by atoms with E-state index in [4.69, 9.17) is 0 Å². The Kier molecular flexibility index (Phi) is 7.79. The van der Waals surface area contributed by atoms with E-state index >= 15 is 0 Å². The third-order valence-corrected chi connectivity index (χ3v) is 6.45. The summed E-state index contributed by atoms with van der Waals surface area (Å²) in [4.78, 5) is 13.9. The first-order valence-electron chi connectivity index (χ1n) is 6.60. The summed E-state index contributed by atoms with van der Waals surface area (Å²) in [6.45, 7) is 0.667. The molecule has 118 valence electrons. The highest BCUT2D eigenvalue weighted by atomic mass is 79.9. The Hall–Kier alpha value is -0.500. The Bertz CT molecular complexity index is 603. The normalized spacial score (nSPS) is 10.6. The largest absolute Gasteiger partial charge is 0.355 e. The number of amides is 1. The molecule has 0 radical (unpaired) electrons. The average Bonchev–Trinajstić information content (AvgIpc) is 2.92. The minimum atomic E-state index is -0.261. The number of hydrogen-bond donors (Lipinski definition) is 1. The van der Waals surface area contributed by atoms with Crippen molar-refractivity contribution in [2.24, 2.45) is 0 Å². The topological polar surface area (TPSA) is 29.1 Å². The average molecular weight is 420 g/mol. The van der Waals surface area contributed by atoms with E-state index in [0.29, 0.717) is 12.3 Å². The zero-order valence-corrected chi connectivity index (χ0v) is 15.7. The lowest BCUT2D eigenvalue weighted by molar-refractivity contribution is -0.118. The van der Waals surface area contributed by atoms with Crippen LogP contribution in [0, 0.1) is 5.82 Å². The number of rotatable bonds is 8. The Morgan fingerprint density at radius 1 is 1.23 bits per heavy atom. The second kappa shape index (κ2) is 9.60. The fraction of sp³-hybridized carbons (Fsp3) is 0.267. The second-order valence-corrected chi connectivity index (χ2v) is 9.05. The van der Waals surface area contributed by atoms with Crippen LogP contribution in [0.1, 0.15) is 4.88 Å². The summed E-state index contributed by atoms with van der Waals surface area (Å²) >= 11 is 8.40. The van der Waals surface area contributed by atoms with Gasteiger partial charge in [0.05, 0.1) is 9.54 Å². The van der Waals surface area contributed by atoms with Crippen molar-refractivity contribution in [3.05, 3.63) is 50.9 Å². The molecule has 2 nitrogen and oxygen atoms in total. The van der Waals surface area contributed by atoms with Gasteiger partial charge in [-0.1, -0.05) is 0 Å². The molecule has 1 aromatic carbocycles. The standard InChI is InChI=1S/C15H15BrFNOS3/c16-14-6-5-13(22-14)9-20-8-7-18-15(19)10-21-12-3-1-11(17)2-4-12/h1-6H,7-10H2,(H,18,19). The summed E-state index contributed by atoms with van der Waals surface area (Å²) in [7, 11) is 0. The predicted molar refractivity (Wildman–Crippen MR) is 98.3 cm³/mol. The van der Waals surface area contributed by atoms with Gasteiger partial charge in [-0.05, 0) is 52.3 Å². The van der Waals surface area contributed by atoms with Gasteiger partial charge in [-0.25, -0.2) is 4.39 Å². The molecule has 7 heteroatoms. The first-order valence-corrected chi connectivity index (χ1v) is 10.4. The molecule has 0 unspecified atom stereocenters. The van der Waals surface area contributed by atoms with Crippen LogP contribution in [0.5, 0.6) is 0 Å². The Balaban J connectivity index is 1.55. The van der Waals surface area contributed by atoms with Crippen molar-refractivity contribution < 1.29 is 9.18 Å². The lowest BCUT2D eigenvalue weighted by Crippen LogP contribution is -2.27. The van der Waals surface area contributed by atoms with Gasteiger partial charge in [0.2, 0.25) is 5.91 Å². The minimum absolute atomic E-state index is 0.00814. The lowest BCUT2D eigenvalue weighted by Gasteiger charge is -2.05. The number of hydrogen-bond acceptors (Lipinski definition) is 4. The molecule has 0 saturated heterocycles. The molecule has 22 heavy (non-hydrogen) atoms. The first-order chi connectivity index (χ1) is 10.6. The maximum Gasteiger partial charge on any atom is 0.230 e. The van der Waals surface area contributed by atoms with Gasteiger partial charge in [-0.15, -0.1) is 23.1 Å². The van der Waals surface area contributed by atoms with Gasteiger partial charge in [0.1, 0.15) is 5.82 Å². The van der Waals surface area contributed by atoms with Crippen LogP contribution >= 0.6 is 50.8 Å². The molecule has 0 aliphatic rings. The quantitative estimate of drug-likeness (QED) is 0.492. The van der Waals surface area contributed by atoms with Crippen LogP contribution in [-0.4, -0.2) is 24.0 Å². The molecule has 1 amide bonds. The zero-order valence-electron chi connectivity index (χ0n) is 11.7. The summed E-state index contributed by atoms with van der Waals surface area (Å²) in [6, 6.07) is 10.3. The number of nitrogens with one attached hydrogen (secondary N) is 1. The Labute approximate surface area is 150 Å². The van der Waals surface area contributed by atoms with Crippen molar-refractivity contribution in [3.8, 4) is 0 Å². The molecule has 0 bridgehead atoms. The molecule has 0 aliphatic carbocycles. The molecule has 2 rings (SSSR count). The lowest BCUT2D eigenvalue weighted by atomic mass is 10.4. The van der Waals surface area contributed by atoms with Gasteiger partial charge < -0.3 is 5.32 Å². The molecule has 1 N–H and O–H groups in total. The van der Waals surface area contributed by atoms with Crippen molar-refractivity contribution in [1.29, 1.82) is 0 Å². The highest BCUT2D eigenvalue weighted by molar-refractivity contribution is 9.11. The van der Waals surface area contributed by atoms with E-state index in [0.717, 1.165) is 20.2 Å². The monoisotopic (exact) mass is 419 g/mol. The van der Waals surface area contributed by atoms with Gasteiger partial charge in [-0.2, -0.15) is 11.8 Å². The number of carbonyl (C=O) groups excluding carboxylic acids is 1. The van der Waals surface area contributed by atoms with E-state index in [1.54, 1.807) is 35.2 Å².